The van der Waals surface area contributed by atoms with Gasteiger partial charge in [0.15, 0.2) is 0 Å². The number of pyridine rings is 1. The van der Waals surface area contributed by atoms with Crippen LogP contribution >= 0.6 is 0 Å². The summed E-state index contributed by atoms with van der Waals surface area (Å²) in [6, 6.07) is 10.1. The second-order valence-electron chi connectivity index (χ2n) is 6.30. The van der Waals surface area contributed by atoms with Gasteiger partial charge in [-0.25, -0.2) is 8.42 Å². The summed E-state index contributed by atoms with van der Waals surface area (Å²) in [4.78, 5) is 16.7. The van der Waals surface area contributed by atoms with Crippen molar-refractivity contribution in [3.8, 4) is 5.75 Å². The van der Waals surface area contributed by atoms with Gasteiger partial charge in [0.1, 0.15) is 10.6 Å². The maximum atomic E-state index is 12.9. The third kappa shape index (κ3) is 4.45. The minimum absolute atomic E-state index is 0.0317. The molecular weight excluding hydrogens is 366 g/mol. The molecule has 1 aliphatic rings. The maximum absolute atomic E-state index is 12.9. The number of carbonyl (C=O) groups is 1. The largest absolute Gasteiger partial charge is 0.495 e. The van der Waals surface area contributed by atoms with Crippen molar-refractivity contribution in [1.82, 2.24) is 14.6 Å². The maximum Gasteiger partial charge on any atom is 0.251 e. The number of rotatable bonds is 7. The summed E-state index contributed by atoms with van der Waals surface area (Å²) in [5.41, 5.74) is 1.17. The lowest BCUT2D eigenvalue weighted by molar-refractivity contribution is 0.0954. The lowest BCUT2D eigenvalue weighted by Crippen LogP contribution is -2.29. The number of sulfonamides is 1. The van der Waals surface area contributed by atoms with Gasteiger partial charge in [-0.1, -0.05) is 6.07 Å². The fourth-order valence-corrected chi connectivity index (χ4v) is 4.74. The molecule has 0 atom stereocenters. The molecule has 0 bridgehead atoms. The van der Waals surface area contributed by atoms with E-state index in [9.17, 15) is 13.2 Å². The van der Waals surface area contributed by atoms with Crippen LogP contribution in [0, 0.1) is 0 Å². The van der Waals surface area contributed by atoms with Gasteiger partial charge in [-0.15, -0.1) is 0 Å². The predicted octanol–water partition coefficient (Wildman–Crippen LogP) is 1.85. The van der Waals surface area contributed by atoms with Crippen molar-refractivity contribution in [2.45, 2.75) is 24.2 Å². The van der Waals surface area contributed by atoms with Crippen molar-refractivity contribution in [3.63, 3.8) is 0 Å². The van der Waals surface area contributed by atoms with Crippen LogP contribution in [0.1, 0.15) is 28.9 Å². The smallest absolute Gasteiger partial charge is 0.251 e. The molecule has 2 heterocycles. The van der Waals surface area contributed by atoms with Crippen LogP contribution in [-0.4, -0.2) is 50.4 Å². The molecule has 1 aromatic heterocycles. The lowest BCUT2D eigenvalue weighted by Gasteiger charge is -2.18. The summed E-state index contributed by atoms with van der Waals surface area (Å²) in [6.07, 6.45) is 3.99. The van der Waals surface area contributed by atoms with E-state index in [0.717, 1.165) is 18.5 Å². The molecule has 144 valence electrons. The summed E-state index contributed by atoms with van der Waals surface area (Å²) in [6.45, 7) is 1.40. The Kier molecular flexibility index (Phi) is 6.08. The van der Waals surface area contributed by atoms with E-state index in [-0.39, 0.29) is 22.1 Å². The van der Waals surface area contributed by atoms with Gasteiger partial charge in [-0.2, -0.15) is 4.31 Å². The second kappa shape index (κ2) is 8.49. The van der Waals surface area contributed by atoms with Crippen molar-refractivity contribution < 1.29 is 17.9 Å². The van der Waals surface area contributed by atoms with E-state index in [0.29, 0.717) is 26.1 Å². The minimum Gasteiger partial charge on any atom is -0.495 e. The highest BCUT2D eigenvalue weighted by molar-refractivity contribution is 7.89. The third-order valence-electron chi connectivity index (χ3n) is 4.50. The number of amides is 1. The zero-order valence-electron chi connectivity index (χ0n) is 15.2. The quantitative estimate of drug-likeness (QED) is 0.781. The topological polar surface area (TPSA) is 88.6 Å². The van der Waals surface area contributed by atoms with Crippen LogP contribution < -0.4 is 10.1 Å². The molecular formula is C19H23N3O4S. The number of ether oxygens (including phenoxy) is 1. The highest BCUT2D eigenvalue weighted by atomic mass is 32.2. The first-order valence-electron chi connectivity index (χ1n) is 8.88. The predicted molar refractivity (Wildman–Crippen MR) is 101 cm³/mol. The third-order valence-corrected chi connectivity index (χ3v) is 6.42. The first-order valence-corrected chi connectivity index (χ1v) is 10.3. The molecule has 1 fully saturated rings. The number of carbonyl (C=O) groups excluding carboxylic acids is 1. The van der Waals surface area contributed by atoms with E-state index >= 15 is 0 Å². The Morgan fingerprint density at radius 1 is 1.22 bits per heavy atom. The van der Waals surface area contributed by atoms with E-state index in [1.165, 1.54) is 23.5 Å². The molecule has 0 unspecified atom stereocenters. The van der Waals surface area contributed by atoms with Gasteiger partial charge < -0.3 is 10.1 Å². The second-order valence-corrected chi connectivity index (χ2v) is 8.21. The van der Waals surface area contributed by atoms with E-state index < -0.39 is 10.0 Å². The molecule has 1 aromatic carbocycles. The number of hydrogen-bond acceptors (Lipinski definition) is 5. The van der Waals surface area contributed by atoms with Crippen molar-refractivity contribution in [3.05, 3.63) is 53.9 Å². The van der Waals surface area contributed by atoms with E-state index in [1.807, 2.05) is 18.2 Å². The van der Waals surface area contributed by atoms with Crippen molar-refractivity contribution in [2.75, 3.05) is 26.7 Å². The molecule has 1 aliphatic heterocycles. The molecule has 3 rings (SSSR count). The van der Waals surface area contributed by atoms with Crippen molar-refractivity contribution >= 4 is 15.9 Å². The van der Waals surface area contributed by atoms with Gasteiger partial charge in [-0.05, 0) is 43.2 Å². The molecule has 27 heavy (non-hydrogen) atoms. The number of methoxy groups -OCH3 is 1. The van der Waals surface area contributed by atoms with Crippen LogP contribution in [0.2, 0.25) is 0 Å². The summed E-state index contributed by atoms with van der Waals surface area (Å²) in [5.74, 6) is -0.0848. The lowest BCUT2D eigenvalue weighted by atomic mass is 10.2. The van der Waals surface area contributed by atoms with Gasteiger partial charge in [0.25, 0.3) is 5.91 Å². The molecule has 8 heteroatoms. The first kappa shape index (κ1) is 19.3. The molecule has 0 radical (unpaired) electrons. The number of benzene rings is 1. The average Bonchev–Trinajstić information content (AvgIpc) is 3.24. The number of nitrogens with zero attached hydrogens (tertiary/aromatic N) is 2. The van der Waals surface area contributed by atoms with Crippen LogP contribution in [0.5, 0.6) is 5.75 Å². The van der Waals surface area contributed by atoms with Crippen LogP contribution in [0.4, 0.5) is 0 Å². The fraction of sp³-hybridized carbons (Fsp3) is 0.368. The van der Waals surface area contributed by atoms with Crippen LogP contribution in [-0.2, 0) is 16.4 Å². The summed E-state index contributed by atoms with van der Waals surface area (Å²) < 4.78 is 32.4. The molecule has 0 aliphatic carbocycles. The summed E-state index contributed by atoms with van der Waals surface area (Å²) >= 11 is 0. The Hall–Kier alpha value is -2.45. The number of hydrogen-bond donors (Lipinski definition) is 1. The average molecular weight is 389 g/mol. The molecule has 2 aromatic rings. The molecule has 1 amide bonds. The Morgan fingerprint density at radius 2 is 2.00 bits per heavy atom. The molecule has 7 nitrogen and oxygen atoms in total. The van der Waals surface area contributed by atoms with Crippen LogP contribution in [0.15, 0.2) is 47.5 Å². The SMILES string of the molecule is COc1ccc(C(=O)NCCc2ccccn2)cc1S(=O)(=O)N1CCCC1. The van der Waals surface area contributed by atoms with Crippen LogP contribution in [0.3, 0.4) is 0 Å². The molecule has 0 spiro atoms. The Bertz CT molecular complexity index is 894. The molecule has 1 saturated heterocycles. The van der Waals surface area contributed by atoms with Crippen molar-refractivity contribution in [2.24, 2.45) is 0 Å². The van der Waals surface area contributed by atoms with Gasteiger partial charge in [0.2, 0.25) is 10.0 Å². The highest BCUT2D eigenvalue weighted by Gasteiger charge is 2.30. The Labute approximate surface area is 159 Å². The fourth-order valence-electron chi connectivity index (χ4n) is 3.04. The van der Waals surface area contributed by atoms with Gasteiger partial charge in [0, 0.05) is 43.5 Å². The number of aromatic nitrogens is 1. The van der Waals surface area contributed by atoms with E-state index in [4.69, 9.17) is 4.74 Å². The standard InChI is InChI=1S/C19H23N3O4S/c1-26-17-8-7-15(14-18(17)27(24,25)22-12-4-5-13-22)19(23)21-11-9-16-6-2-3-10-20-16/h2-3,6-8,10,14H,4-5,9,11-13H2,1H3,(H,21,23). The monoisotopic (exact) mass is 389 g/mol. The first-order chi connectivity index (χ1) is 13.0. The van der Waals surface area contributed by atoms with E-state index in [2.05, 4.69) is 10.3 Å². The Morgan fingerprint density at radius 3 is 2.67 bits per heavy atom. The highest BCUT2D eigenvalue weighted by Crippen LogP contribution is 2.29. The minimum atomic E-state index is -3.68. The normalized spacial score (nSPS) is 14.9. The van der Waals surface area contributed by atoms with Gasteiger partial charge in [0.05, 0.1) is 7.11 Å². The summed E-state index contributed by atoms with van der Waals surface area (Å²) in [5, 5.41) is 2.80. The zero-order chi connectivity index (χ0) is 19.3. The summed E-state index contributed by atoms with van der Waals surface area (Å²) in [7, 11) is -2.26. The Balaban J connectivity index is 1.75. The van der Waals surface area contributed by atoms with Gasteiger partial charge >= 0.3 is 0 Å². The number of nitrogens with one attached hydrogen (secondary N) is 1. The van der Waals surface area contributed by atoms with E-state index in [1.54, 1.807) is 12.3 Å². The van der Waals surface area contributed by atoms with Crippen LogP contribution in [0.25, 0.3) is 0 Å². The molecule has 0 saturated carbocycles. The van der Waals surface area contributed by atoms with Gasteiger partial charge in [-0.3, -0.25) is 9.78 Å². The van der Waals surface area contributed by atoms with Crippen molar-refractivity contribution in [1.29, 1.82) is 0 Å². The zero-order valence-corrected chi connectivity index (χ0v) is 16.0. The molecule has 1 N–H and O–H groups in total.